The summed E-state index contributed by atoms with van der Waals surface area (Å²) >= 11 is 0. The van der Waals surface area contributed by atoms with E-state index in [9.17, 15) is 10.1 Å². The van der Waals surface area contributed by atoms with Crippen LogP contribution in [0, 0.1) is 10.1 Å². The van der Waals surface area contributed by atoms with Crippen LogP contribution in [0.5, 0.6) is 0 Å². The monoisotopic (exact) mass is 264 g/mol. The van der Waals surface area contributed by atoms with Gasteiger partial charge < -0.3 is 4.90 Å². The lowest BCUT2D eigenvalue weighted by Gasteiger charge is -2.32. The molecule has 2 rings (SSSR count). The zero-order valence-electron chi connectivity index (χ0n) is 11.2. The molecule has 19 heavy (non-hydrogen) atoms. The molecule has 1 aliphatic rings. The number of likely N-dealkylation sites (N-methyl/N-ethyl adjacent to an activating group) is 1. The summed E-state index contributed by atoms with van der Waals surface area (Å²) in [6, 6.07) is 6.77. The molecule has 0 unspecified atom stereocenters. The number of hydrazine groups is 1. The SMILES string of the molecule is CN1CCN(NCCc2ccc([N+](=O)[O-])cc2)CC1. The summed E-state index contributed by atoms with van der Waals surface area (Å²) in [5.41, 5.74) is 4.67. The number of hydrogen-bond donors (Lipinski definition) is 1. The molecule has 1 heterocycles. The fraction of sp³-hybridized carbons (Fsp3) is 0.538. The Balaban J connectivity index is 1.72. The predicted molar refractivity (Wildman–Crippen MR) is 73.9 cm³/mol. The van der Waals surface area contributed by atoms with Crippen molar-refractivity contribution in [3.8, 4) is 0 Å². The van der Waals surface area contributed by atoms with Crippen LogP contribution in [0.1, 0.15) is 5.56 Å². The van der Waals surface area contributed by atoms with Gasteiger partial charge in [-0.05, 0) is 19.0 Å². The molecule has 0 aromatic heterocycles. The number of rotatable bonds is 5. The van der Waals surface area contributed by atoms with E-state index in [1.807, 2.05) is 12.1 Å². The number of nitrogens with one attached hydrogen (secondary N) is 1. The number of benzene rings is 1. The largest absolute Gasteiger partial charge is 0.304 e. The van der Waals surface area contributed by atoms with Crippen LogP contribution in [0.2, 0.25) is 0 Å². The lowest BCUT2D eigenvalue weighted by Crippen LogP contribution is -2.51. The van der Waals surface area contributed by atoms with Gasteiger partial charge in [-0.25, -0.2) is 5.01 Å². The van der Waals surface area contributed by atoms with Crippen LogP contribution in [0.15, 0.2) is 24.3 Å². The molecule has 104 valence electrons. The lowest BCUT2D eigenvalue weighted by atomic mass is 10.1. The van der Waals surface area contributed by atoms with Crippen LogP contribution in [0.3, 0.4) is 0 Å². The molecule has 1 fully saturated rings. The lowest BCUT2D eigenvalue weighted by molar-refractivity contribution is -0.384. The fourth-order valence-electron chi connectivity index (χ4n) is 2.11. The van der Waals surface area contributed by atoms with Crippen molar-refractivity contribution >= 4 is 5.69 Å². The number of hydrogen-bond acceptors (Lipinski definition) is 5. The molecular formula is C13H20N4O2. The molecule has 0 bridgehead atoms. The predicted octanol–water partition coefficient (Wildman–Crippen LogP) is 0.889. The first-order valence-corrected chi connectivity index (χ1v) is 6.55. The van der Waals surface area contributed by atoms with Crippen LogP contribution in [0.4, 0.5) is 5.69 Å². The molecule has 0 aliphatic carbocycles. The minimum absolute atomic E-state index is 0.149. The van der Waals surface area contributed by atoms with Crippen LogP contribution in [0.25, 0.3) is 0 Å². The van der Waals surface area contributed by atoms with Gasteiger partial charge in [-0.3, -0.25) is 15.5 Å². The zero-order chi connectivity index (χ0) is 13.7. The summed E-state index contributed by atoms with van der Waals surface area (Å²) in [4.78, 5) is 12.5. The third-order valence-corrected chi connectivity index (χ3v) is 3.40. The first-order valence-electron chi connectivity index (χ1n) is 6.55. The normalized spacial score (nSPS) is 17.5. The van der Waals surface area contributed by atoms with Gasteiger partial charge in [0, 0.05) is 44.9 Å². The summed E-state index contributed by atoms with van der Waals surface area (Å²) in [6.45, 7) is 5.12. The number of nitro benzene ring substituents is 1. The van der Waals surface area contributed by atoms with Crippen molar-refractivity contribution in [2.24, 2.45) is 0 Å². The molecule has 1 aromatic rings. The third kappa shape index (κ3) is 4.27. The van der Waals surface area contributed by atoms with Crippen LogP contribution >= 0.6 is 0 Å². The van der Waals surface area contributed by atoms with Crippen molar-refractivity contribution in [2.75, 3.05) is 39.8 Å². The van der Waals surface area contributed by atoms with Crippen molar-refractivity contribution in [3.63, 3.8) is 0 Å². The average molecular weight is 264 g/mol. The average Bonchev–Trinajstić information content (AvgIpc) is 2.41. The van der Waals surface area contributed by atoms with E-state index in [1.165, 1.54) is 0 Å². The second-order valence-electron chi connectivity index (χ2n) is 4.87. The topological polar surface area (TPSA) is 61.6 Å². The number of nitro groups is 1. The van der Waals surface area contributed by atoms with E-state index in [0.717, 1.165) is 44.7 Å². The van der Waals surface area contributed by atoms with Gasteiger partial charge in [0.15, 0.2) is 0 Å². The van der Waals surface area contributed by atoms with E-state index < -0.39 is 0 Å². The minimum Gasteiger partial charge on any atom is -0.304 e. The van der Waals surface area contributed by atoms with E-state index in [0.29, 0.717) is 0 Å². The number of non-ortho nitro benzene ring substituents is 1. The van der Waals surface area contributed by atoms with E-state index in [2.05, 4.69) is 22.4 Å². The van der Waals surface area contributed by atoms with Gasteiger partial charge in [-0.2, -0.15) is 0 Å². The van der Waals surface area contributed by atoms with Crippen molar-refractivity contribution in [3.05, 3.63) is 39.9 Å². The Morgan fingerprint density at radius 3 is 2.42 bits per heavy atom. The summed E-state index contributed by atoms with van der Waals surface area (Å²) in [6.07, 6.45) is 0.879. The zero-order valence-corrected chi connectivity index (χ0v) is 11.2. The molecule has 6 nitrogen and oxygen atoms in total. The van der Waals surface area contributed by atoms with E-state index >= 15 is 0 Å². The van der Waals surface area contributed by atoms with Gasteiger partial charge in [0.2, 0.25) is 0 Å². The molecule has 0 spiro atoms. The van der Waals surface area contributed by atoms with E-state index in [4.69, 9.17) is 0 Å². The molecule has 0 amide bonds. The second kappa shape index (κ2) is 6.60. The number of nitrogens with zero attached hydrogens (tertiary/aromatic N) is 3. The van der Waals surface area contributed by atoms with Gasteiger partial charge >= 0.3 is 0 Å². The summed E-state index contributed by atoms with van der Waals surface area (Å²) in [5.74, 6) is 0. The quantitative estimate of drug-likeness (QED) is 0.632. The Morgan fingerprint density at radius 2 is 1.84 bits per heavy atom. The maximum atomic E-state index is 10.5. The molecule has 1 aliphatic heterocycles. The van der Waals surface area contributed by atoms with Gasteiger partial charge in [0.1, 0.15) is 0 Å². The van der Waals surface area contributed by atoms with Gasteiger partial charge in [-0.1, -0.05) is 12.1 Å². The third-order valence-electron chi connectivity index (χ3n) is 3.40. The van der Waals surface area contributed by atoms with Crippen LogP contribution < -0.4 is 5.43 Å². The van der Waals surface area contributed by atoms with Crippen molar-refractivity contribution in [1.29, 1.82) is 0 Å². The Hall–Kier alpha value is -1.50. The second-order valence-corrected chi connectivity index (χ2v) is 4.87. The smallest absolute Gasteiger partial charge is 0.269 e. The summed E-state index contributed by atoms with van der Waals surface area (Å²) in [7, 11) is 2.13. The maximum Gasteiger partial charge on any atom is 0.269 e. The first-order chi connectivity index (χ1) is 9.15. The highest BCUT2D eigenvalue weighted by Crippen LogP contribution is 2.11. The van der Waals surface area contributed by atoms with Crippen LogP contribution in [-0.4, -0.2) is 54.6 Å². The Bertz CT molecular complexity index is 413. The molecule has 6 heteroatoms. The molecule has 1 saturated heterocycles. The van der Waals surface area contributed by atoms with Gasteiger partial charge in [-0.15, -0.1) is 0 Å². The standard InChI is InChI=1S/C13H20N4O2/c1-15-8-10-16(11-9-15)14-7-6-12-2-4-13(5-3-12)17(18)19/h2-5,14H,6-11H2,1H3. The minimum atomic E-state index is -0.369. The van der Waals surface area contributed by atoms with Crippen LogP contribution in [-0.2, 0) is 6.42 Å². The summed E-state index contributed by atoms with van der Waals surface area (Å²) in [5, 5.41) is 12.8. The van der Waals surface area contributed by atoms with E-state index in [-0.39, 0.29) is 10.6 Å². The molecular weight excluding hydrogens is 244 g/mol. The maximum absolute atomic E-state index is 10.5. The highest BCUT2D eigenvalue weighted by Gasteiger charge is 2.12. The van der Waals surface area contributed by atoms with Crippen molar-refractivity contribution < 1.29 is 4.92 Å². The molecule has 0 atom stereocenters. The van der Waals surface area contributed by atoms with E-state index in [1.54, 1.807) is 12.1 Å². The Labute approximate surface area is 113 Å². The van der Waals surface area contributed by atoms with Crippen molar-refractivity contribution in [2.45, 2.75) is 6.42 Å². The van der Waals surface area contributed by atoms with Gasteiger partial charge in [0.05, 0.1) is 4.92 Å². The number of piperazine rings is 1. The fourth-order valence-corrected chi connectivity index (χ4v) is 2.11. The first kappa shape index (κ1) is 13.9. The highest BCUT2D eigenvalue weighted by atomic mass is 16.6. The molecule has 0 radical (unpaired) electrons. The Morgan fingerprint density at radius 1 is 1.21 bits per heavy atom. The Kier molecular flexibility index (Phi) is 4.84. The van der Waals surface area contributed by atoms with Crippen molar-refractivity contribution in [1.82, 2.24) is 15.3 Å². The van der Waals surface area contributed by atoms with Gasteiger partial charge in [0.25, 0.3) is 5.69 Å². The highest BCUT2D eigenvalue weighted by molar-refractivity contribution is 5.32. The molecule has 0 saturated carbocycles. The summed E-state index contributed by atoms with van der Waals surface area (Å²) < 4.78 is 0. The molecule has 1 N–H and O–H groups in total. The molecule has 1 aromatic carbocycles.